The smallest absolute Gasteiger partial charge is 0.197 e. The average molecular weight is 416 g/mol. The van der Waals surface area contributed by atoms with Crippen molar-refractivity contribution < 1.29 is 14.4 Å². The predicted octanol–water partition coefficient (Wildman–Crippen LogP) is 5.16. The molecule has 0 radical (unpaired) electrons. The second-order valence-corrected chi connectivity index (χ2v) is 9.22. The van der Waals surface area contributed by atoms with E-state index in [4.69, 9.17) is 0 Å². The van der Waals surface area contributed by atoms with E-state index in [1.165, 1.54) is 6.92 Å². The number of fused-ring (bicyclic) bond motifs is 1. The van der Waals surface area contributed by atoms with Crippen LogP contribution in [0.4, 0.5) is 5.69 Å². The molecule has 31 heavy (non-hydrogen) atoms. The maximum absolute atomic E-state index is 12.8. The van der Waals surface area contributed by atoms with Gasteiger partial charge in [-0.1, -0.05) is 51.1 Å². The summed E-state index contributed by atoms with van der Waals surface area (Å²) in [6, 6.07) is 13.4. The van der Waals surface area contributed by atoms with Crippen LogP contribution in [0, 0.1) is 5.41 Å². The molecule has 0 amide bonds. The van der Waals surface area contributed by atoms with Crippen LogP contribution in [-0.4, -0.2) is 31.4 Å². The van der Waals surface area contributed by atoms with Crippen LogP contribution in [0.15, 0.2) is 54.1 Å². The van der Waals surface area contributed by atoms with Gasteiger partial charge >= 0.3 is 0 Å². The zero-order chi connectivity index (χ0) is 22.9. The van der Waals surface area contributed by atoms with Crippen LogP contribution in [0.1, 0.15) is 54.7 Å². The number of rotatable bonds is 5. The number of carbonyl (C=O) groups is 3. The minimum atomic E-state index is -0.440. The van der Waals surface area contributed by atoms with Crippen LogP contribution < -0.4 is 4.90 Å². The normalized spacial score (nSPS) is 14.8. The number of hydrogen-bond acceptors (Lipinski definition) is 4. The topological polar surface area (TPSA) is 54.5 Å². The minimum Gasteiger partial charge on any atom is -0.378 e. The third kappa shape index (κ3) is 4.74. The van der Waals surface area contributed by atoms with Gasteiger partial charge in [-0.2, -0.15) is 0 Å². The molecule has 2 aromatic rings. The fraction of sp³-hybridized carbons (Fsp3) is 0.296. The summed E-state index contributed by atoms with van der Waals surface area (Å²) in [4.78, 5) is 39.6. The Morgan fingerprint density at radius 2 is 1.65 bits per heavy atom. The summed E-state index contributed by atoms with van der Waals surface area (Å²) in [5.74, 6) is -0.343. The Labute approximate surface area is 184 Å². The van der Waals surface area contributed by atoms with Crippen LogP contribution in [-0.2, 0) is 16.0 Å². The Morgan fingerprint density at radius 3 is 2.23 bits per heavy atom. The molecule has 0 aromatic heterocycles. The Morgan fingerprint density at radius 1 is 1.00 bits per heavy atom. The molecule has 0 heterocycles. The van der Waals surface area contributed by atoms with E-state index in [0.717, 1.165) is 28.0 Å². The van der Waals surface area contributed by atoms with Crippen molar-refractivity contribution in [1.29, 1.82) is 0 Å². The number of ketones is 3. The lowest BCUT2D eigenvalue weighted by molar-refractivity contribution is -0.125. The van der Waals surface area contributed by atoms with Gasteiger partial charge in [-0.15, -0.1) is 0 Å². The molecule has 0 saturated heterocycles. The van der Waals surface area contributed by atoms with E-state index in [0.29, 0.717) is 12.0 Å². The number of nitrogens with zero attached hydrogens (tertiary/aromatic N) is 1. The summed E-state index contributed by atoms with van der Waals surface area (Å²) < 4.78 is 0. The van der Waals surface area contributed by atoms with Crippen molar-refractivity contribution in [2.45, 2.75) is 34.1 Å². The van der Waals surface area contributed by atoms with Crippen molar-refractivity contribution in [3.8, 4) is 0 Å². The van der Waals surface area contributed by atoms with E-state index in [1.54, 1.807) is 18.2 Å². The van der Waals surface area contributed by atoms with Crippen molar-refractivity contribution in [3.63, 3.8) is 0 Å². The van der Waals surface area contributed by atoms with Gasteiger partial charge in [-0.05, 0) is 53.5 Å². The van der Waals surface area contributed by atoms with E-state index in [2.05, 4.69) is 0 Å². The lowest BCUT2D eigenvalue weighted by Crippen LogP contribution is -2.22. The zero-order valence-electron chi connectivity index (χ0n) is 19.1. The van der Waals surface area contributed by atoms with Gasteiger partial charge in [0.15, 0.2) is 11.6 Å². The van der Waals surface area contributed by atoms with Crippen LogP contribution in [0.5, 0.6) is 0 Å². The van der Waals surface area contributed by atoms with Gasteiger partial charge < -0.3 is 4.90 Å². The highest BCUT2D eigenvalue weighted by molar-refractivity contribution is 6.30. The summed E-state index contributed by atoms with van der Waals surface area (Å²) in [6.07, 6.45) is 3.95. The van der Waals surface area contributed by atoms with Crippen molar-refractivity contribution >= 4 is 34.7 Å². The fourth-order valence-corrected chi connectivity index (χ4v) is 3.53. The molecule has 4 heteroatoms. The number of anilines is 1. The highest BCUT2D eigenvalue weighted by atomic mass is 16.1. The molecular formula is C27H29NO3. The first kappa shape index (κ1) is 22.4. The number of allylic oxidation sites excluding steroid dienone is 3. The zero-order valence-corrected chi connectivity index (χ0v) is 19.1. The molecule has 0 bridgehead atoms. The molecule has 0 saturated carbocycles. The first-order chi connectivity index (χ1) is 14.5. The summed E-state index contributed by atoms with van der Waals surface area (Å²) in [7, 11) is 3.93. The van der Waals surface area contributed by atoms with E-state index in [9.17, 15) is 14.4 Å². The fourth-order valence-electron chi connectivity index (χ4n) is 3.53. The molecule has 4 nitrogen and oxygen atoms in total. The molecule has 0 spiro atoms. The summed E-state index contributed by atoms with van der Waals surface area (Å²) in [5.41, 5.74) is 4.69. The van der Waals surface area contributed by atoms with Gasteiger partial charge in [0.05, 0.1) is 5.57 Å². The third-order valence-corrected chi connectivity index (χ3v) is 5.55. The number of Topliss-reactive ketones (excluding diaryl/α,β-unsaturated/α-hetero) is 3. The van der Waals surface area contributed by atoms with Crippen LogP contribution in [0.2, 0.25) is 0 Å². The van der Waals surface area contributed by atoms with Crippen molar-refractivity contribution in [3.05, 3.63) is 76.4 Å². The molecule has 160 valence electrons. The van der Waals surface area contributed by atoms with Crippen molar-refractivity contribution in [1.82, 2.24) is 0 Å². The van der Waals surface area contributed by atoms with Gasteiger partial charge in [0, 0.05) is 37.2 Å². The summed E-state index contributed by atoms with van der Waals surface area (Å²) >= 11 is 0. The lowest BCUT2D eigenvalue weighted by Gasteiger charge is -2.21. The largest absolute Gasteiger partial charge is 0.378 e. The SMILES string of the molecule is CC(=O)C1=CC(=Cc2ccc(N(C)C)cc2CC(=O)C(C)(C)C)c2ccccc2C1=O. The molecule has 3 rings (SSSR count). The Hall–Kier alpha value is -3.27. The maximum Gasteiger partial charge on any atom is 0.197 e. The van der Waals surface area contributed by atoms with E-state index >= 15 is 0 Å². The molecular weight excluding hydrogens is 386 g/mol. The molecule has 0 atom stereocenters. The third-order valence-electron chi connectivity index (χ3n) is 5.55. The Kier molecular flexibility index (Phi) is 6.12. The number of carbonyl (C=O) groups excluding carboxylic acids is 3. The van der Waals surface area contributed by atoms with E-state index in [-0.39, 0.29) is 22.9 Å². The maximum atomic E-state index is 12.8. The van der Waals surface area contributed by atoms with Crippen LogP contribution in [0.25, 0.3) is 11.6 Å². The molecule has 0 aliphatic heterocycles. The molecule has 1 aliphatic carbocycles. The van der Waals surface area contributed by atoms with Gasteiger partial charge in [0.25, 0.3) is 0 Å². The van der Waals surface area contributed by atoms with Gasteiger partial charge in [-0.3, -0.25) is 14.4 Å². The molecule has 0 N–H and O–H groups in total. The number of hydrogen-bond donors (Lipinski definition) is 0. The lowest BCUT2D eigenvalue weighted by atomic mass is 9.83. The first-order valence-electron chi connectivity index (χ1n) is 10.4. The van der Waals surface area contributed by atoms with Gasteiger partial charge in [0.2, 0.25) is 0 Å². The van der Waals surface area contributed by atoms with Crippen LogP contribution >= 0.6 is 0 Å². The standard InChI is InChI=1S/C27H29NO3/c1-17(29)24-15-20(22-9-7-8-10-23(22)26(24)31)13-18-11-12-21(28(5)6)14-19(18)16-25(30)27(2,3)4/h7-15H,16H2,1-6H3. The molecule has 0 unspecified atom stereocenters. The summed E-state index contributed by atoms with van der Waals surface area (Å²) in [6.45, 7) is 7.19. The van der Waals surface area contributed by atoms with Crippen LogP contribution in [0.3, 0.4) is 0 Å². The quantitative estimate of drug-likeness (QED) is 0.633. The second-order valence-electron chi connectivity index (χ2n) is 9.22. The molecule has 1 aliphatic rings. The average Bonchev–Trinajstić information content (AvgIpc) is 2.70. The molecule has 0 fully saturated rings. The highest BCUT2D eigenvalue weighted by Gasteiger charge is 2.26. The minimum absolute atomic E-state index is 0.155. The van der Waals surface area contributed by atoms with Crippen molar-refractivity contribution in [2.75, 3.05) is 19.0 Å². The van der Waals surface area contributed by atoms with Crippen molar-refractivity contribution in [2.24, 2.45) is 5.41 Å². The van der Waals surface area contributed by atoms with E-state index < -0.39 is 5.41 Å². The first-order valence-corrected chi connectivity index (χ1v) is 10.4. The van der Waals surface area contributed by atoms with Gasteiger partial charge in [-0.25, -0.2) is 0 Å². The monoisotopic (exact) mass is 415 g/mol. The highest BCUT2D eigenvalue weighted by Crippen LogP contribution is 2.33. The summed E-state index contributed by atoms with van der Waals surface area (Å²) in [5, 5.41) is 0. The second kappa shape index (κ2) is 8.46. The Bertz CT molecular complexity index is 1130. The Balaban J connectivity index is 2.18. The predicted molar refractivity (Wildman–Crippen MR) is 126 cm³/mol. The molecule has 2 aromatic carbocycles. The number of benzene rings is 2. The van der Waals surface area contributed by atoms with Gasteiger partial charge in [0.1, 0.15) is 5.78 Å². The van der Waals surface area contributed by atoms with E-state index in [1.807, 2.05) is 76.2 Å².